The predicted molar refractivity (Wildman–Crippen MR) is 96.6 cm³/mol. The molecule has 0 bridgehead atoms. The molecule has 1 nitrogen and oxygen atoms in total. The number of hydrogen-bond donors (Lipinski definition) is 0. The Hall–Kier alpha value is -1.54. The minimum absolute atomic E-state index is 0.363. The first-order valence-electron chi connectivity index (χ1n) is 7.78. The van der Waals surface area contributed by atoms with Gasteiger partial charge in [0.25, 0.3) is 0 Å². The monoisotopic (exact) mass is 295 g/mol. The van der Waals surface area contributed by atoms with Crippen LogP contribution in [0, 0.1) is 5.41 Å². The van der Waals surface area contributed by atoms with E-state index in [-0.39, 0.29) is 0 Å². The van der Waals surface area contributed by atoms with Crippen LogP contribution in [-0.4, -0.2) is 12.5 Å². The Labute approximate surface area is 128 Å². The number of fused-ring (bicyclic) bond motifs is 3. The van der Waals surface area contributed by atoms with E-state index in [0.29, 0.717) is 5.41 Å². The third-order valence-electron chi connectivity index (χ3n) is 4.15. The van der Waals surface area contributed by atoms with Gasteiger partial charge in [-0.1, -0.05) is 70.3 Å². The normalized spacial score (nSPS) is 13.2. The van der Waals surface area contributed by atoms with E-state index >= 15 is 0 Å². The predicted octanol–water partition coefficient (Wildman–Crippen LogP) is 5.89. The number of nitrogens with zero attached hydrogens (tertiary/aromatic N) is 1. The summed E-state index contributed by atoms with van der Waals surface area (Å²) < 4.78 is 2.67. The van der Waals surface area contributed by atoms with Gasteiger partial charge in [-0.2, -0.15) is 0 Å². The molecule has 0 aliphatic rings. The van der Waals surface area contributed by atoms with Crippen molar-refractivity contribution in [2.24, 2.45) is 5.41 Å². The maximum absolute atomic E-state index is 2.67. The lowest BCUT2D eigenvalue weighted by atomic mass is 10.0. The topological polar surface area (TPSA) is 4.93 Å². The molecule has 0 saturated heterocycles. The summed E-state index contributed by atoms with van der Waals surface area (Å²) in [5.74, 6) is 0. The summed E-state index contributed by atoms with van der Waals surface area (Å²) in [6.45, 7) is 12.1. The lowest BCUT2D eigenvalue weighted by Gasteiger charge is -2.33. The van der Waals surface area contributed by atoms with Crippen LogP contribution < -0.4 is 0 Å². The van der Waals surface area contributed by atoms with Gasteiger partial charge in [-0.3, -0.25) is 0 Å². The third-order valence-corrected chi connectivity index (χ3v) is 7.77. The van der Waals surface area contributed by atoms with E-state index in [1.807, 2.05) is 0 Å². The van der Waals surface area contributed by atoms with E-state index in [2.05, 4.69) is 86.6 Å². The van der Waals surface area contributed by atoms with Gasteiger partial charge in [0.1, 0.15) is 0 Å². The highest BCUT2D eigenvalue weighted by atomic mass is 28.3. The van der Waals surface area contributed by atoms with E-state index in [1.54, 1.807) is 0 Å². The second kappa shape index (κ2) is 4.74. The summed E-state index contributed by atoms with van der Waals surface area (Å²) in [6, 6.07) is 19.0. The van der Waals surface area contributed by atoms with E-state index in [1.165, 1.54) is 27.8 Å². The Morgan fingerprint density at radius 1 is 0.810 bits per heavy atom. The Morgan fingerprint density at radius 2 is 1.24 bits per heavy atom. The molecule has 1 heterocycles. The van der Waals surface area contributed by atoms with E-state index in [9.17, 15) is 0 Å². The zero-order valence-corrected chi connectivity index (χ0v) is 14.8. The van der Waals surface area contributed by atoms with Crippen molar-refractivity contribution >= 4 is 30.0 Å². The first-order valence-corrected chi connectivity index (χ1v) is 10.9. The molecule has 0 amide bonds. The van der Waals surface area contributed by atoms with E-state index < -0.39 is 8.24 Å². The molecule has 3 rings (SSSR count). The lowest BCUT2D eigenvalue weighted by Crippen LogP contribution is -2.39. The quantitative estimate of drug-likeness (QED) is 0.519. The van der Waals surface area contributed by atoms with Crippen LogP contribution >= 0.6 is 0 Å². The second-order valence-electron chi connectivity index (χ2n) is 7.92. The highest BCUT2D eigenvalue weighted by molar-refractivity contribution is 6.77. The molecule has 2 aromatic carbocycles. The maximum atomic E-state index is 2.67. The van der Waals surface area contributed by atoms with Crippen LogP contribution in [-0.2, 0) is 0 Å². The lowest BCUT2D eigenvalue weighted by molar-refractivity contribution is 0.459. The molecular formula is C19H25NSi. The molecule has 21 heavy (non-hydrogen) atoms. The molecular weight excluding hydrogens is 270 g/mol. The largest absolute Gasteiger partial charge is 0.368 e. The summed E-state index contributed by atoms with van der Waals surface area (Å²) in [5.41, 5.74) is 3.17. The molecule has 0 spiro atoms. The summed E-state index contributed by atoms with van der Waals surface area (Å²) in [6.07, 6.45) is 0. The van der Waals surface area contributed by atoms with Crippen molar-refractivity contribution in [3.05, 3.63) is 48.5 Å². The molecule has 0 atom stereocenters. The van der Waals surface area contributed by atoms with Crippen molar-refractivity contribution in [1.82, 2.24) is 4.23 Å². The summed E-state index contributed by atoms with van der Waals surface area (Å²) in [4.78, 5) is 0. The van der Waals surface area contributed by atoms with Crippen molar-refractivity contribution in [3.63, 3.8) is 0 Å². The molecule has 0 aliphatic heterocycles. The van der Waals surface area contributed by atoms with Crippen molar-refractivity contribution < 1.29 is 0 Å². The Balaban J connectivity index is 2.34. The van der Waals surface area contributed by atoms with Crippen LogP contribution in [0.5, 0.6) is 0 Å². The Kier molecular flexibility index (Phi) is 3.25. The fourth-order valence-electron chi connectivity index (χ4n) is 3.95. The minimum Gasteiger partial charge on any atom is -0.368 e. The fraction of sp³-hybridized carbons (Fsp3) is 0.368. The Bertz CT molecular complexity index is 737. The van der Waals surface area contributed by atoms with Gasteiger partial charge in [-0.15, -0.1) is 0 Å². The van der Waals surface area contributed by atoms with Crippen LogP contribution in [0.15, 0.2) is 48.5 Å². The molecule has 3 aromatic rings. The molecule has 0 N–H and O–H groups in total. The Morgan fingerprint density at radius 3 is 1.67 bits per heavy atom. The molecule has 0 radical (unpaired) electrons. The van der Waals surface area contributed by atoms with Gasteiger partial charge in [0.05, 0.1) is 0 Å². The van der Waals surface area contributed by atoms with E-state index in [4.69, 9.17) is 0 Å². The number of rotatable bonds is 2. The number of aromatic nitrogens is 1. The smallest absolute Gasteiger partial charge is 0.157 e. The molecule has 110 valence electrons. The van der Waals surface area contributed by atoms with Gasteiger partial charge in [0.2, 0.25) is 0 Å². The van der Waals surface area contributed by atoms with Crippen LogP contribution in [0.25, 0.3) is 21.8 Å². The number of benzene rings is 2. The highest BCUT2D eigenvalue weighted by Gasteiger charge is 2.32. The van der Waals surface area contributed by atoms with Crippen LogP contribution in [0.1, 0.15) is 20.8 Å². The summed E-state index contributed by atoms with van der Waals surface area (Å²) in [7, 11) is -1.57. The molecule has 0 unspecified atom stereocenters. The molecule has 1 aromatic heterocycles. The van der Waals surface area contributed by atoms with Crippen molar-refractivity contribution in [2.45, 2.75) is 39.9 Å². The fourth-order valence-corrected chi connectivity index (χ4v) is 8.40. The van der Waals surface area contributed by atoms with Gasteiger partial charge in [0, 0.05) is 21.8 Å². The van der Waals surface area contributed by atoms with Gasteiger partial charge < -0.3 is 4.23 Å². The molecule has 0 fully saturated rings. The van der Waals surface area contributed by atoms with Crippen molar-refractivity contribution in [1.29, 1.82) is 0 Å². The third kappa shape index (κ3) is 2.53. The molecule has 0 aliphatic carbocycles. The van der Waals surface area contributed by atoms with Crippen molar-refractivity contribution in [2.75, 3.05) is 0 Å². The van der Waals surface area contributed by atoms with E-state index in [0.717, 1.165) is 0 Å². The van der Waals surface area contributed by atoms with Gasteiger partial charge in [-0.05, 0) is 23.6 Å². The number of para-hydroxylation sites is 2. The van der Waals surface area contributed by atoms with Crippen molar-refractivity contribution in [3.8, 4) is 0 Å². The average Bonchev–Trinajstić information content (AvgIpc) is 2.71. The van der Waals surface area contributed by atoms with Crippen LogP contribution in [0.3, 0.4) is 0 Å². The highest BCUT2D eigenvalue weighted by Crippen LogP contribution is 2.36. The van der Waals surface area contributed by atoms with Gasteiger partial charge in [-0.25, -0.2) is 0 Å². The first kappa shape index (κ1) is 14.4. The second-order valence-corrected chi connectivity index (χ2v) is 12.3. The van der Waals surface area contributed by atoms with Gasteiger partial charge >= 0.3 is 0 Å². The first-order chi connectivity index (χ1) is 9.80. The van der Waals surface area contributed by atoms with Crippen LogP contribution in [0.4, 0.5) is 0 Å². The van der Waals surface area contributed by atoms with Gasteiger partial charge in [0.15, 0.2) is 8.24 Å². The maximum Gasteiger partial charge on any atom is 0.157 e. The summed E-state index contributed by atoms with van der Waals surface area (Å²) in [5, 5.41) is 2.78. The molecule has 2 heteroatoms. The van der Waals surface area contributed by atoms with Crippen LogP contribution in [0.2, 0.25) is 19.1 Å². The zero-order chi connectivity index (χ0) is 15.3. The SMILES string of the molecule is CC(C)(C)C[Si](C)(C)n1c2ccccc2c2ccccc21. The molecule has 0 saturated carbocycles. The summed E-state index contributed by atoms with van der Waals surface area (Å²) >= 11 is 0. The average molecular weight is 296 g/mol. The standard InChI is InChI=1S/C19H25NSi/c1-19(2,3)14-21(4,5)20-17-12-8-6-10-15(17)16-11-7-9-13-18(16)20/h6-13H,14H2,1-5H3. The minimum atomic E-state index is -1.57. The number of hydrogen-bond acceptors (Lipinski definition) is 0. The zero-order valence-electron chi connectivity index (χ0n) is 13.8.